The summed E-state index contributed by atoms with van der Waals surface area (Å²) in [5.41, 5.74) is 18.5. The molecule has 2 aliphatic heterocycles. The van der Waals surface area contributed by atoms with Crippen LogP contribution in [0.25, 0.3) is 0 Å². The number of azo groups is 1. The van der Waals surface area contributed by atoms with Gasteiger partial charge in [0.15, 0.2) is 17.3 Å². The van der Waals surface area contributed by atoms with Gasteiger partial charge in [-0.05, 0) is 42.3 Å². The number of hydrogen-bond acceptors (Lipinski definition) is 13. The number of nitrogens with one attached hydrogen (secondary N) is 3. The maximum atomic E-state index is 11.6. The van der Waals surface area contributed by atoms with E-state index < -0.39 is 0 Å². The minimum absolute atomic E-state index is 0.00887. The van der Waals surface area contributed by atoms with Crippen LogP contribution >= 0.6 is 0 Å². The molecule has 228 valence electrons. The van der Waals surface area contributed by atoms with Gasteiger partial charge in [-0.1, -0.05) is 38.1 Å². The molecule has 0 aliphatic carbocycles. The molecule has 2 unspecified atom stereocenters. The SMILES string of the molecule is CCOc1nc(C(C#N)=NNc2ccc(C3=NNC(=O)CC3C)cc2)nc(N)c1N=Nc1ccc(C2=NNC(=O)CC2C)cc1. The third kappa shape index (κ3) is 7.13. The van der Waals surface area contributed by atoms with Crippen molar-refractivity contribution in [2.24, 2.45) is 37.4 Å². The number of carbonyl (C=O) groups excluding carboxylic acids is 2. The number of nitrogens with two attached hydrogens (primary N) is 1. The molecular weight excluding hydrogens is 576 g/mol. The number of hydrogen-bond donors (Lipinski definition) is 4. The minimum Gasteiger partial charge on any atom is -0.476 e. The van der Waals surface area contributed by atoms with Gasteiger partial charge in [0.25, 0.3) is 0 Å². The first-order chi connectivity index (χ1) is 21.7. The van der Waals surface area contributed by atoms with Gasteiger partial charge in [-0.2, -0.15) is 30.7 Å². The van der Waals surface area contributed by atoms with E-state index in [1.165, 1.54) is 0 Å². The maximum Gasteiger partial charge on any atom is 0.247 e. The molecule has 5 rings (SSSR count). The zero-order chi connectivity index (χ0) is 31.9. The zero-order valence-electron chi connectivity index (χ0n) is 24.8. The molecule has 2 aromatic carbocycles. The average Bonchev–Trinajstić information content (AvgIpc) is 3.02. The van der Waals surface area contributed by atoms with E-state index in [-0.39, 0.29) is 59.2 Å². The summed E-state index contributed by atoms with van der Waals surface area (Å²) in [6.45, 7) is 5.91. The van der Waals surface area contributed by atoms with Crippen molar-refractivity contribution in [2.75, 3.05) is 17.8 Å². The fourth-order valence-electron chi connectivity index (χ4n) is 4.66. The molecule has 15 heteroatoms. The van der Waals surface area contributed by atoms with E-state index in [2.05, 4.69) is 51.8 Å². The van der Waals surface area contributed by atoms with Gasteiger partial charge in [-0.15, -0.1) is 5.11 Å². The normalized spacial score (nSPS) is 18.4. The van der Waals surface area contributed by atoms with Crippen LogP contribution in [0.1, 0.15) is 50.6 Å². The Balaban J connectivity index is 1.32. The lowest BCUT2D eigenvalue weighted by Gasteiger charge is -2.19. The standard InChI is InChI=1S/C30H30N12O3/c1-4-45-30-27(42-36-21-11-7-19(8-12-21)26-17(3)14-24(44)39-41-26)28(32)33-29(34-30)22(15-31)37-35-20-9-5-18(6-10-20)25-16(2)13-23(43)38-40-25/h5-12,16-17,35H,4,13-14H2,1-3H3,(H,38,43)(H,39,44)(H2,32,33,34). The lowest BCUT2D eigenvalue weighted by Crippen LogP contribution is -2.31. The predicted octanol–water partition coefficient (Wildman–Crippen LogP) is 3.93. The molecule has 15 nitrogen and oxygen atoms in total. The number of benzene rings is 2. The van der Waals surface area contributed by atoms with E-state index in [9.17, 15) is 14.9 Å². The van der Waals surface area contributed by atoms with Gasteiger partial charge in [-0.3, -0.25) is 15.0 Å². The number of hydrazone groups is 3. The molecular formula is C30H30N12O3. The number of ether oxygens (including phenoxy) is 1. The van der Waals surface area contributed by atoms with Crippen LogP contribution in [0.15, 0.2) is 74.1 Å². The highest BCUT2D eigenvalue weighted by Crippen LogP contribution is 2.33. The van der Waals surface area contributed by atoms with E-state index in [0.29, 0.717) is 24.2 Å². The molecule has 3 aromatic rings. The number of anilines is 2. The number of amides is 2. The topological polar surface area (TPSA) is 217 Å². The summed E-state index contributed by atoms with van der Waals surface area (Å²) in [5.74, 6) is -0.300. The fourth-order valence-corrected chi connectivity index (χ4v) is 4.66. The Morgan fingerprint density at radius 3 is 2.07 bits per heavy atom. The molecule has 0 saturated heterocycles. The maximum absolute atomic E-state index is 11.6. The number of rotatable bonds is 9. The van der Waals surface area contributed by atoms with Crippen LogP contribution in [0.3, 0.4) is 0 Å². The Morgan fingerprint density at radius 1 is 0.956 bits per heavy atom. The monoisotopic (exact) mass is 606 g/mol. The molecule has 0 bridgehead atoms. The molecule has 0 fully saturated rings. The third-order valence-corrected chi connectivity index (χ3v) is 6.90. The highest BCUT2D eigenvalue weighted by molar-refractivity contribution is 6.10. The van der Waals surface area contributed by atoms with E-state index in [1.807, 2.05) is 44.2 Å². The summed E-state index contributed by atoms with van der Waals surface area (Å²) in [6.07, 6.45) is 0.740. The zero-order valence-corrected chi connectivity index (χ0v) is 24.8. The second-order valence-electron chi connectivity index (χ2n) is 10.3. The van der Waals surface area contributed by atoms with Crippen molar-refractivity contribution in [2.45, 2.75) is 33.6 Å². The van der Waals surface area contributed by atoms with Gasteiger partial charge in [0, 0.05) is 24.7 Å². The molecule has 1 aromatic heterocycles. The van der Waals surface area contributed by atoms with Crippen LogP contribution in [0.2, 0.25) is 0 Å². The van der Waals surface area contributed by atoms with Crippen LogP contribution < -0.4 is 26.7 Å². The Morgan fingerprint density at radius 2 is 1.53 bits per heavy atom. The molecule has 2 atom stereocenters. The van der Waals surface area contributed by atoms with Crippen molar-refractivity contribution in [1.29, 1.82) is 5.26 Å². The Kier molecular flexibility index (Phi) is 9.13. The average molecular weight is 607 g/mol. The van der Waals surface area contributed by atoms with Crippen molar-refractivity contribution in [1.82, 2.24) is 20.8 Å². The van der Waals surface area contributed by atoms with Crippen LogP contribution in [0, 0.1) is 23.2 Å². The molecule has 0 radical (unpaired) electrons. The van der Waals surface area contributed by atoms with Crippen molar-refractivity contribution in [3.05, 3.63) is 65.5 Å². The van der Waals surface area contributed by atoms with Gasteiger partial charge in [0.05, 0.1) is 29.4 Å². The second kappa shape index (κ2) is 13.5. The summed E-state index contributed by atoms with van der Waals surface area (Å²) in [6, 6.07) is 16.4. The lowest BCUT2D eigenvalue weighted by atomic mass is 9.94. The molecule has 5 N–H and O–H groups in total. The highest BCUT2D eigenvalue weighted by atomic mass is 16.5. The van der Waals surface area contributed by atoms with E-state index in [1.54, 1.807) is 31.2 Å². The van der Waals surface area contributed by atoms with Crippen LogP contribution in [0.5, 0.6) is 5.88 Å². The first-order valence-electron chi connectivity index (χ1n) is 14.2. The lowest BCUT2D eigenvalue weighted by molar-refractivity contribution is -0.122. The first-order valence-corrected chi connectivity index (χ1v) is 14.2. The molecule has 3 heterocycles. The van der Waals surface area contributed by atoms with Crippen molar-refractivity contribution in [3.63, 3.8) is 0 Å². The van der Waals surface area contributed by atoms with Crippen molar-refractivity contribution >= 4 is 51.8 Å². The third-order valence-electron chi connectivity index (χ3n) is 6.90. The summed E-state index contributed by atoms with van der Waals surface area (Å²) in [5, 5.41) is 30.8. The smallest absolute Gasteiger partial charge is 0.247 e. The van der Waals surface area contributed by atoms with Crippen molar-refractivity contribution in [3.8, 4) is 11.9 Å². The van der Waals surface area contributed by atoms with E-state index in [0.717, 1.165) is 22.6 Å². The van der Waals surface area contributed by atoms with Gasteiger partial charge >= 0.3 is 0 Å². The van der Waals surface area contributed by atoms with Crippen molar-refractivity contribution < 1.29 is 14.3 Å². The first kappa shape index (κ1) is 30.4. The molecule has 2 amide bonds. The molecule has 45 heavy (non-hydrogen) atoms. The van der Waals surface area contributed by atoms with Gasteiger partial charge in [-0.25, -0.2) is 15.8 Å². The second-order valence-corrected chi connectivity index (χ2v) is 10.3. The highest BCUT2D eigenvalue weighted by Gasteiger charge is 2.23. The molecule has 0 spiro atoms. The Hall–Kier alpha value is -6.04. The number of carbonyl (C=O) groups is 2. The summed E-state index contributed by atoms with van der Waals surface area (Å²) < 4.78 is 5.65. The van der Waals surface area contributed by atoms with E-state index >= 15 is 0 Å². The predicted molar refractivity (Wildman–Crippen MR) is 167 cm³/mol. The summed E-state index contributed by atoms with van der Waals surface area (Å²) >= 11 is 0. The Bertz CT molecular complexity index is 1770. The Labute approximate surface area is 258 Å². The quantitative estimate of drug-likeness (QED) is 0.158. The van der Waals surface area contributed by atoms with Gasteiger partial charge in [0.2, 0.25) is 23.4 Å². The van der Waals surface area contributed by atoms with Gasteiger partial charge in [0.1, 0.15) is 6.07 Å². The number of aromatic nitrogens is 2. The van der Waals surface area contributed by atoms with Crippen LogP contribution in [0.4, 0.5) is 22.9 Å². The largest absolute Gasteiger partial charge is 0.476 e. The minimum atomic E-state index is -0.130. The van der Waals surface area contributed by atoms with Crippen LogP contribution in [-0.4, -0.2) is 45.5 Å². The number of nitriles is 1. The van der Waals surface area contributed by atoms with Crippen LogP contribution in [-0.2, 0) is 9.59 Å². The number of nitrogen functional groups attached to an aromatic ring is 1. The van der Waals surface area contributed by atoms with E-state index in [4.69, 9.17) is 10.5 Å². The van der Waals surface area contributed by atoms with Gasteiger partial charge < -0.3 is 10.5 Å². The summed E-state index contributed by atoms with van der Waals surface area (Å²) in [4.78, 5) is 31.7. The molecule has 0 saturated carbocycles. The number of nitrogens with zero attached hydrogens (tertiary/aromatic N) is 8. The fraction of sp³-hybridized carbons (Fsp3) is 0.267. The summed E-state index contributed by atoms with van der Waals surface area (Å²) in [7, 11) is 0. The molecule has 2 aliphatic rings.